The lowest BCUT2D eigenvalue weighted by Crippen LogP contribution is -2.30. The number of benzene rings is 1. The highest BCUT2D eigenvalue weighted by Gasteiger charge is 2.37. The van der Waals surface area contributed by atoms with E-state index in [1.54, 1.807) is 24.3 Å². The van der Waals surface area contributed by atoms with E-state index in [9.17, 15) is 14.4 Å². The maximum Gasteiger partial charge on any atom is 0.303 e. The number of H-pyrrole nitrogens is 1. The van der Waals surface area contributed by atoms with E-state index in [2.05, 4.69) is 9.97 Å². The van der Waals surface area contributed by atoms with Gasteiger partial charge in [-0.05, 0) is 18.6 Å². The lowest BCUT2D eigenvalue weighted by atomic mass is 10.1. The fourth-order valence-electron chi connectivity index (χ4n) is 2.21. The topological polar surface area (TPSA) is 103 Å². The fourth-order valence-corrected chi connectivity index (χ4v) is 2.21. The van der Waals surface area contributed by atoms with Crippen molar-refractivity contribution in [3.05, 3.63) is 47.3 Å². The minimum absolute atomic E-state index is 0.0518. The van der Waals surface area contributed by atoms with E-state index in [4.69, 9.17) is 5.11 Å². The molecule has 21 heavy (non-hydrogen) atoms. The third-order valence-corrected chi connectivity index (χ3v) is 3.23. The second kappa shape index (κ2) is 4.86. The van der Waals surface area contributed by atoms with Crippen LogP contribution in [-0.4, -0.2) is 32.9 Å². The maximum absolute atomic E-state index is 12.2. The Hall–Kier alpha value is -2.96. The molecule has 1 aliphatic heterocycles. The first kappa shape index (κ1) is 13.0. The summed E-state index contributed by atoms with van der Waals surface area (Å²) >= 11 is 0. The van der Waals surface area contributed by atoms with Crippen molar-refractivity contribution in [3.63, 3.8) is 0 Å². The highest BCUT2D eigenvalue weighted by molar-refractivity contribution is 6.33. The van der Waals surface area contributed by atoms with Crippen molar-refractivity contribution in [1.29, 1.82) is 0 Å². The molecule has 1 aliphatic rings. The van der Waals surface area contributed by atoms with Crippen LogP contribution in [0.3, 0.4) is 0 Å². The average Bonchev–Trinajstić information content (AvgIpc) is 3.02. The summed E-state index contributed by atoms with van der Waals surface area (Å²) in [7, 11) is 0. The molecular formula is C14H11N3O4. The Morgan fingerprint density at radius 2 is 1.81 bits per heavy atom. The number of aromatic nitrogens is 2. The van der Waals surface area contributed by atoms with Gasteiger partial charge in [0.1, 0.15) is 0 Å². The molecule has 7 nitrogen and oxygen atoms in total. The molecule has 1 aromatic carbocycles. The highest BCUT2D eigenvalue weighted by atomic mass is 16.4. The van der Waals surface area contributed by atoms with Gasteiger partial charge in [-0.1, -0.05) is 12.1 Å². The number of imidazole rings is 1. The largest absolute Gasteiger partial charge is 0.481 e. The molecule has 7 heteroatoms. The number of carboxylic acids is 1. The van der Waals surface area contributed by atoms with Gasteiger partial charge in [0.05, 0.1) is 23.7 Å². The van der Waals surface area contributed by atoms with Gasteiger partial charge in [-0.3, -0.25) is 14.4 Å². The average molecular weight is 285 g/mol. The minimum atomic E-state index is -0.924. The highest BCUT2D eigenvalue weighted by Crippen LogP contribution is 2.26. The number of aliphatic carboxylic acids is 1. The van der Waals surface area contributed by atoms with Gasteiger partial charge in [0.25, 0.3) is 11.8 Å². The van der Waals surface area contributed by atoms with E-state index in [0.717, 1.165) is 4.90 Å². The van der Waals surface area contributed by atoms with Crippen LogP contribution in [0.15, 0.2) is 30.5 Å². The molecule has 1 aromatic heterocycles. The summed E-state index contributed by atoms with van der Waals surface area (Å²) in [4.78, 5) is 42.8. The number of carboxylic acid groups (broad SMARTS) is 1. The molecule has 106 valence electrons. The zero-order valence-corrected chi connectivity index (χ0v) is 10.9. The van der Waals surface area contributed by atoms with Crippen molar-refractivity contribution in [1.82, 2.24) is 9.97 Å². The van der Waals surface area contributed by atoms with Crippen molar-refractivity contribution in [3.8, 4) is 0 Å². The van der Waals surface area contributed by atoms with Gasteiger partial charge in [-0.15, -0.1) is 0 Å². The predicted octanol–water partition coefficient (Wildman–Crippen LogP) is 1.23. The van der Waals surface area contributed by atoms with Crippen molar-refractivity contribution in [2.24, 2.45) is 0 Å². The summed E-state index contributed by atoms with van der Waals surface area (Å²) in [5, 5.41) is 8.64. The smallest absolute Gasteiger partial charge is 0.303 e. The van der Waals surface area contributed by atoms with Gasteiger partial charge in [0, 0.05) is 5.69 Å². The standard InChI is InChI=1S/C14H11N3O4/c18-11(19)6-5-8-7-15-14(16-8)17-12(20)9-3-1-2-4-10(9)13(17)21/h1-4,7H,5-6H2,(H,15,16)(H,18,19). The Balaban J connectivity index is 1.87. The lowest BCUT2D eigenvalue weighted by molar-refractivity contribution is -0.136. The number of hydrogen-bond donors (Lipinski definition) is 2. The summed E-state index contributed by atoms with van der Waals surface area (Å²) in [5.41, 5.74) is 1.24. The number of nitrogens with one attached hydrogen (secondary N) is 1. The van der Waals surface area contributed by atoms with E-state index >= 15 is 0 Å². The number of hydrogen-bond acceptors (Lipinski definition) is 4. The first-order valence-corrected chi connectivity index (χ1v) is 6.31. The summed E-state index contributed by atoms with van der Waals surface area (Å²) in [6.07, 6.45) is 1.64. The molecule has 0 radical (unpaired) electrons. The molecule has 0 atom stereocenters. The third kappa shape index (κ3) is 2.18. The van der Waals surface area contributed by atoms with Gasteiger partial charge in [0.2, 0.25) is 5.95 Å². The molecule has 0 saturated heterocycles. The Morgan fingerprint density at radius 3 is 2.38 bits per heavy atom. The molecule has 2 aromatic rings. The lowest BCUT2D eigenvalue weighted by Gasteiger charge is -2.09. The summed E-state index contributed by atoms with van der Waals surface area (Å²) in [6.45, 7) is 0. The number of fused-ring (bicyclic) bond motifs is 1. The van der Waals surface area contributed by atoms with Gasteiger partial charge in [-0.2, -0.15) is 0 Å². The molecular weight excluding hydrogens is 274 g/mol. The Bertz CT molecular complexity index is 715. The summed E-state index contributed by atoms with van der Waals surface area (Å²) < 4.78 is 0. The van der Waals surface area contributed by atoms with Gasteiger partial charge in [0.15, 0.2) is 0 Å². The number of imide groups is 1. The maximum atomic E-state index is 12.2. The zero-order valence-electron chi connectivity index (χ0n) is 10.9. The molecule has 0 fully saturated rings. The van der Waals surface area contributed by atoms with E-state index < -0.39 is 17.8 Å². The van der Waals surface area contributed by atoms with E-state index in [1.165, 1.54) is 6.20 Å². The SMILES string of the molecule is O=C(O)CCc1cnc(N2C(=O)c3ccccc3C2=O)[nH]1. The number of aromatic amines is 1. The van der Waals surface area contributed by atoms with Crippen LogP contribution in [-0.2, 0) is 11.2 Å². The van der Waals surface area contributed by atoms with Crippen molar-refractivity contribution in [2.45, 2.75) is 12.8 Å². The predicted molar refractivity (Wildman–Crippen MR) is 72.1 cm³/mol. The number of carbonyl (C=O) groups is 3. The Labute approximate surface area is 119 Å². The van der Waals surface area contributed by atoms with Crippen LogP contribution in [0.5, 0.6) is 0 Å². The zero-order chi connectivity index (χ0) is 15.0. The molecule has 2 N–H and O–H groups in total. The number of anilines is 1. The molecule has 0 spiro atoms. The van der Waals surface area contributed by atoms with Crippen molar-refractivity contribution >= 4 is 23.7 Å². The van der Waals surface area contributed by atoms with Crippen LogP contribution in [0, 0.1) is 0 Å². The molecule has 0 aliphatic carbocycles. The van der Waals surface area contributed by atoms with Crippen molar-refractivity contribution in [2.75, 3.05) is 4.90 Å². The number of nitrogens with zero attached hydrogens (tertiary/aromatic N) is 2. The van der Waals surface area contributed by atoms with Gasteiger partial charge in [-0.25, -0.2) is 9.88 Å². The molecule has 0 saturated carbocycles. The normalized spacial score (nSPS) is 13.6. The molecule has 3 rings (SSSR count). The monoisotopic (exact) mass is 285 g/mol. The Kier molecular flexibility index (Phi) is 3.02. The number of carbonyl (C=O) groups excluding carboxylic acids is 2. The van der Waals surface area contributed by atoms with Gasteiger partial charge < -0.3 is 10.1 Å². The Morgan fingerprint density at radius 1 is 1.19 bits per heavy atom. The summed E-state index contributed by atoms with van der Waals surface area (Å²) in [5.74, 6) is -1.68. The van der Waals surface area contributed by atoms with Gasteiger partial charge >= 0.3 is 5.97 Å². The second-order valence-electron chi connectivity index (χ2n) is 4.62. The number of amides is 2. The molecule has 2 heterocycles. The second-order valence-corrected chi connectivity index (χ2v) is 4.62. The number of rotatable bonds is 4. The third-order valence-electron chi connectivity index (χ3n) is 3.23. The van der Waals surface area contributed by atoms with Crippen LogP contribution in [0.2, 0.25) is 0 Å². The van der Waals surface area contributed by atoms with Crippen LogP contribution in [0.1, 0.15) is 32.8 Å². The van der Waals surface area contributed by atoms with Crippen LogP contribution in [0.4, 0.5) is 5.95 Å². The fraction of sp³-hybridized carbons (Fsp3) is 0.143. The van der Waals surface area contributed by atoms with Crippen LogP contribution >= 0.6 is 0 Å². The van der Waals surface area contributed by atoms with E-state index in [-0.39, 0.29) is 18.8 Å². The first-order valence-electron chi connectivity index (χ1n) is 6.31. The van der Waals surface area contributed by atoms with Crippen LogP contribution < -0.4 is 4.90 Å². The van der Waals surface area contributed by atoms with E-state index in [0.29, 0.717) is 16.8 Å². The molecule has 2 amide bonds. The van der Waals surface area contributed by atoms with Crippen LogP contribution in [0.25, 0.3) is 0 Å². The first-order chi connectivity index (χ1) is 10.1. The summed E-state index contributed by atoms with van der Waals surface area (Å²) in [6, 6.07) is 6.55. The minimum Gasteiger partial charge on any atom is -0.481 e. The molecule has 0 unspecified atom stereocenters. The number of aryl methyl sites for hydroxylation is 1. The van der Waals surface area contributed by atoms with Crippen molar-refractivity contribution < 1.29 is 19.5 Å². The quantitative estimate of drug-likeness (QED) is 0.822. The molecule has 0 bridgehead atoms. The van der Waals surface area contributed by atoms with E-state index in [1.807, 2.05) is 0 Å².